The molecular formula is C19H27NO. The van der Waals surface area contributed by atoms with Gasteiger partial charge in [0.2, 0.25) is 0 Å². The number of nitrogens with one attached hydrogen (secondary N) is 1. The lowest BCUT2D eigenvalue weighted by Gasteiger charge is -2.21. The maximum Gasteiger partial charge on any atom is 0.134 e. The summed E-state index contributed by atoms with van der Waals surface area (Å²) >= 11 is 0. The molecule has 1 aromatic carbocycles. The monoisotopic (exact) mass is 285 g/mol. The minimum atomic E-state index is 0.429. The van der Waals surface area contributed by atoms with Crippen LogP contribution in [-0.4, -0.2) is 6.54 Å². The van der Waals surface area contributed by atoms with E-state index in [0.29, 0.717) is 11.5 Å². The minimum Gasteiger partial charge on any atom is -0.461 e. The quantitative estimate of drug-likeness (QED) is 0.800. The van der Waals surface area contributed by atoms with E-state index in [1.54, 1.807) is 0 Å². The fraction of sp³-hybridized carbons (Fsp3) is 0.579. The molecule has 1 saturated carbocycles. The summed E-state index contributed by atoms with van der Waals surface area (Å²) in [5.74, 6) is 1.88. The molecule has 0 radical (unpaired) electrons. The molecule has 1 N–H and O–H groups in total. The highest BCUT2D eigenvalue weighted by atomic mass is 16.3. The lowest BCUT2D eigenvalue weighted by molar-refractivity contribution is 0.408. The molecule has 3 rings (SSSR count). The number of aryl methyl sites for hydroxylation is 1. The van der Waals surface area contributed by atoms with Gasteiger partial charge in [0.15, 0.2) is 0 Å². The van der Waals surface area contributed by atoms with Crippen molar-refractivity contribution in [2.24, 2.45) is 11.3 Å². The van der Waals surface area contributed by atoms with Crippen LogP contribution < -0.4 is 5.32 Å². The van der Waals surface area contributed by atoms with Gasteiger partial charge in [-0.05, 0) is 36.8 Å². The molecule has 1 heterocycles. The van der Waals surface area contributed by atoms with E-state index in [2.05, 4.69) is 57.3 Å². The van der Waals surface area contributed by atoms with Crippen molar-refractivity contribution in [1.29, 1.82) is 0 Å². The highest BCUT2D eigenvalue weighted by Gasteiger charge is 2.51. The van der Waals surface area contributed by atoms with Gasteiger partial charge in [0, 0.05) is 23.4 Å². The smallest absolute Gasteiger partial charge is 0.134 e. The predicted molar refractivity (Wildman–Crippen MR) is 88.5 cm³/mol. The number of para-hydroxylation sites is 1. The molecule has 1 aliphatic rings. The number of fused-ring (bicyclic) bond motifs is 1. The molecular weight excluding hydrogens is 258 g/mol. The highest BCUT2D eigenvalue weighted by Crippen LogP contribution is 2.58. The van der Waals surface area contributed by atoms with Crippen LogP contribution in [0.2, 0.25) is 0 Å². The normalized spacial score (nSPS) is 21.6. The van der Waals surface area contributed by atoms with E-state index >= 15 is 0 Å². The zero-order valence-corrected chi connectivity index (χ0v) is 13.7. The summed E-state index contributed by atoms with van der Waals surface area (Å²) in [7, 11) is 0. The van der Waals surface area contributed by atoms with Gasteiger partial charge in [0.25, 0.3) is 0 Å². The van der Waals surface area contributed by atoms with Gasteiger partial charge < -0.3 is 9.73 Å². The van der Waals surface area contributed by atoms with Crippen molar-refractivity contribution in [1.82, 2.24) is 5.32 Å². The second kappa shape index (κ2) is 5.49. The highest BCUT2D eigenvalue weighted by molar-refractivity contribution is 5.83. The summed E-state index contributed by atoms with van der Waals surface area (Å²) in [6, 6.07) is 8.91. The Labute approximate surface area is 127 Å². The SMILES string of the molecule is CCCNC(c1c(CC)oc2ccccc12)C1CC1(C)C. The van der Waals surface area contributed by atoms with E-state index in [1.165, 1.54) is 23.8 Å². The van der Waals surface area contributed by atoms with Crippen molar-refractivity contribution in [3.63, 3.8) is 0 Å². The largest absolute Gasteiger partial charge is 0.461 e. The first-order chi connectivity index (χ1) is 10.1. The first-order valence-corrected chi connectivity index (χ1v) is 8.32. The van der Waals surface area contributed by atoms with E-state index in [-0.39, 0.29) is 0 Å². The fourth-order valence-corrected chi connectivity index (χ4v) is 3.54. The van der Waals surface area contributed by atoms with E-state index in [0.717, 1.165) is 30.2 Å². The molecule has 1 fully saturated rings. The molecule has 0 bridgehead atoms. The van der Waals surface area contributed by atoms with Gasteiger partial charge in [0.1, 0.15) is 11.3 Å². The third kappa shape index (κ3) is 2.62. The number of rotatable bonds is 6. The Hall–Kier alpha value is -1.28. The van der Waals surface area contributed by atoms with Crippen LogP contribution in [0.1, 0.15) is 57.9 Å². The summed E-state index contributed by atoms with van der Waals surface area (Å²) in [5, 5.41) is 5.09. The van der Waals surface area contributed by atoms with Gasteiger partial charge in [-0.2, -0.15) is 0 Å². The zero-order chi connectivity index (χ0) is 15.0. The maximum absolute atomic E-state index is 6.12. The van der Waals surface area contributed by atoms with Crippen molar-refractivity contribution < 1.29 is 4.42 Å². The average Bonchev–Trinajstić information content (AvgIpc) is 2.96. The second-order valence-corrected chi connectivity index (χ2v) is 7.02. The molecule has 2 atom stereocenters. The van der Waals surface area contributed by atoms with Crippen LogP contribution in [0.25, 0.3) is 11.0 Å². The Morgan fingerprint density at radius 1 is 1.29 bits per heavy atom. The van der Waals surface area contributed by atoms with Crippen molar-refractivity contribution in [3.05, 3.63) is 35.6 Å². The van der Waals surface area contributed by atoms with Crippen LogP contribution in [0.3, 0.4) is 0 Å². The molecule has 0 amide bonds. The van der Waals surface area contributed by atoms with Crippen molar-refractivity contribution in [3.8, 4) is 0 Å². The third-order valence-electron chi connectivity index (χ3n) is 4.95. The first-order valence-electron chi connectivity index (χ1n) is 8.32. The number of furan rings is 1. The Morgan fingerprint density at radius 3 is 2.62 bits per heavy atom. The molecule has 2 heteroatoms. The standard InChI is InChI=1S/C19H27NO/c1-5-11-20-18(14-12-19(14,3)4)17-13-9-7-8-10-16(13)21-15(17)6-2/h7-10,14,18,20H,5-6,11-12H2,1-4H3. The molecule has 2 nitrogen and oxygen atoms in total. The van der Waals surface area contributed by atoms with Gasteiger partial charge in [-0.1, -0.05) is 45.9 Å². The van der Waals surface area contributed by atoms with Crippen LogP contribution in [0.15, 0.2) is 28.7 Å². The summed E-state index contributed by atoms with van der Waals surface area (Å²) in [6.45, 7) is 10.3. The van der Waals surface area contributed by atoms with Crippen LogP contribution in [-0.2, 0) is 6.42 Å². The van der Waals surface area contributed by atoms with Crippen molar-refractivity contribution >= 4 is 11.0 Å². The first kappa shape index (κ1) is 14.6. The van der Waals surface area contributed by atoms with Crippen LogP contribution >= 0.6 is 0 Å². The van der Waals surface area contributed by atoms with Crippen LogP contribution in [0.4, 0.5) is 0 Å². The Bertz CT molecular complexity index is 626. The van der Waals surface area contributed by atoms with Crippen LogP contribution in [0.5, 0.6) is 0 Å². The molecule has 0 saturated heterocycles. The molecule has 21 heavy (non-hydrogen) atoms. The van der Waals surface area contributed by atoms with Crippen molar-refractivity contribution in [2.75, 3.05) is 6.54 Å². The average molecular weight is 285 g/mol. The molecule has 2 unspecified atom stereocenters. The van der Waals surface area contributed by atoms with Crippen LogP contribution in [0, 0.1) is 11.3 Å². The third-order valence-corrected chi connectivity index (χ3v) is 4.95. The van der Waals surface area contributed by atoms with Gasteiger partial charge in [0.05, 0.1) is 0 Å². The molecule has 2 aromatic rings. The zero-order valence-electron chi connectivity index (χ0n) is 13.7. The number of hydrogen-bond donors (Lipinski definition) is 1. The topological polar surface area (TPSA) is 25.2 Å². The number of benzene rings is 1. The Balaban J connectivity index is 2.05. The Kier molecular flexibility index (Phi) is 3.83. The van der Waals surface area contributed by atoms with E-state index in [4.69, 9.17) is 4.42 Å². The fourth-order valence-electron chi connectivity index (χ4n) is 3.54. The maximum atomic E-state index is 6.12. The van der Waals surface area contributed by atoms with Gasteiger partial charge >= 0.3 is 0 Å². The summed E-state index contributed by atoms with van der Waals surface area (Å²) < 4.78 is 6.12. The molecule has 1 aliphatic carbocycles. The van der Waals surface area contributed by atoms with Gasteiger partial charge in [-0.15, -0.1) is 0 Å². The van der Waals surface area contributed by atoms with Gasteiger partial charge in [-0.25, -0.2) is 0 Å². The van der Waals surface area contributed by atoms with Crippen molar-refractivity contribution in [2.45, 2.75) is 53.0 Å². The minimum absolute atomic E-state index is 0.429. The predicted octanol–water partition coefficient (Wildman–Crippen LogP) is 5.08. The second-order valence-electron chi connectivity index (χ2n) is 7.02. The molecule has 0 aliphatic heterocycles. The number of hydrogen-bond acceptors (Lipinski definition) is 2. The van der Waals surface area contributed by atoms with E-state index in [9.17, 15) is 0 Å². The lowest BCUT2D eigenvalue weighted by atomic mass is 9.93. The van der Waals surface area contributed by atoms with Gasteiger partial charge in [-0.3, -0.25) is 0 Å². The Morgan fingerprint density at radius 2 is 2.00 bits per heavy atom. The van der Waals surface area contributed by atoms with E-state index < -0.39 is 0 Å². The molecule has 114 valence electrons. The summed E-state index contributed by atoms with van der Waals surface area (Å²) in [4.78, 5) is 0. The molecule has 1 aromatic heterocycles. The van der Waals surface area contributed by atoms with E-state index in [1.807, 2.05) is 0 Å². The molecule has 0 spiro atoms. The summed E-state index contributed by atoms with van der Waals surface area (Å²) in [5.41, 5.74) is 2.90. The summed E-state index contributed by atoms with van der Waals surface area (Å²) in [6.07, 6.45) is 3.43. The lowest BCUT2D eigenvalue weighted by Crippen LogP contribution is -2.26.